The van der Waals surface area contributed by atoms with E-state index < -0.39 is 11.9 Å². The lowest BCUT2D eigenvalue weighted by atomic mass is 9.80. The molecular weight excluding hydrogens is 423 g/mol. The number of hydrogen-bond donors (Lipinski definition) is 3. The number of benzene rings is 1. The molecule has 0 unspecified atom stereocenters. The number of nitrogen functional groups attached to an aromatic ring is 1. The van der Waals surface area contributed by atoms with Gasteiger partial charge in [0, 0.05) is 41.5 Å². The summed E-state index contributed by atoms with van der Waals surface area (Å²) in [5, 5.41) is 23.2. The van der Waals surface area contributed by atoms with Gasteiger partial charge in [-0.2, -0.15) is 5.26 Å². The van der Waals surface area contributed by atoms with Crippen molar-refractivity contribution in [3.8, 4) is 17.2 Å². The van der Waals surface area contributed by atoms with Crippen LogP contribution < -0.4 is 16.0 Å². The molecule has 4 N–H and O–H groups in total. The molecule has 1 fully saturated rings. The van der Waals surface area contributed by atoms with Crippen LogP contribution in [-0.4, -0.2) is 33.8 Å². The third-order valence-electron chi connectivity index (χ3n) is 6.70. The van der Waals surface area contributed by atoms with Crippen LogP contribution in [0.15, 0.2) is 24.5 Å². The average molecular weight is 446 g/mol. The summed E-state index contributed by atoms with van der Waals surface area (Å²) < 4.78 is 15.4. The van der Waals surface area contributed by atoms with Gasteiger partial charge in [0.25, 0.3) is 0 Å². The predicted molar refractivity (Wildman–Crippen MR) is 124 cm³/mol. The molecule has 3 aromatic rings. The second-order valence-corrected chi connectivity index (χ2v) is 8.67. The van der Waals surface area contributed by atoms with Crippen molar-refractivity contribution < 1.29 is 14.3 Å². The predicted octanol–water partition coefficient (Wildman–Crippen LogP) is 4.47. The standard InChI is InChI=1S/C24H23FN6O2/c1-12-17(10-29-19-3-2-4-28-23(12)19)16-7-14-8-20(30-11-18(14)22(27)21(16)25)31(24(32)33)15-5-13(6-15)9-26/h7-8,10-11,13,15,28H,2-6,27H2,1H3,(H,32,33). The average Bonchev–Trinajstić information content (AvgIpc) is 2.78. The van der Waals surface area contributed by atoms with E-state index in [1.807, 2.05) is 6.92 Å². The molecule has 1 saturated carbocycles. The Balaban J connectivity index is 1.61. The first kappa shape index (κ1) is 20.9. The highest BCUT2D eigenvalue weighted by Crippen LogP contribution is 2.39. The quantitative estimate of drug-likeness (QED) is 0.506. The number of nitriles is 1. The summed E-state index contributed by atoms with van der Waals surface area (Å²) in [4.78, 5) is 21.9. The highest BCUT2D eigenvalue weighted by atomic mass is 19.1. The number of amides is 1. The Labute approximate surface area is 189 Å². The normalized spacial score (nSPS) is 19.2. The van der Waals surface area contributed by atoms with Gasteiger partial charge in [0.2, 0.25) is 0 Å². The number of nitrogens with zero attached hydrogens (tertiary/aromatic N) is 4. The Hall–Kier alpha value is -3.93. The minimum absolute atomic E-state index is 0.0401. The Kier molecular flexibility index (Phi) is 5.01. The van der Waals surface area contributed by atoms with E-state index in [2.05, 4.69) is 21.4 Å². The van der Waals surface area contributed by atoms with Gasteiger partial charge >= 0.3 is 6.09 Å². The summed E-state index contributed by atoms with van der Waals surface area (Å²) in [6, 6.07) is 5.13. The van der Waals surface area contributed by atoms with Gasteiger partial charge in [-0.05, 0) is 55.7 Å². The van der Waals surface area contributed by atoms with Crippen molar-refractivity contribution >= 4 is 34.1 Å². The van der Waals surface area contributed by atoms with Gasteiger partial charge in [-0.25, -0.2) is 14.2 Å². The number of halogens is 1. The van der Waals surface area contributed by atoms with Crippen LogP contribution in [0.2, 0.25) is 0 Å². The molecule has 8 nitrogen and oxygen atoms in total. The number of hydrogen-bond acceptors (Lipinski definition) is 6. The number of nitrogens with one attached hydrogen (secondary N) is 1. The number of rotatable bonds is 3. The summed E-state index contributed by atoms with van der Waals surface area (Å²) in [6.45, 7) is 2.77. The largest absolute Gasteiger partial charge is 0.465 e. The fourth-order valence-corrected chi connectivity index (χ4v) is 4.78. The van der Waals surface area contributed by atoms with Crippen molar-refractivity contribution in [2.45, 2.75) is 38.6 Å². The molecule has 1 aromatic carbocycles. The number of carboxylic acid groups (broad SMARTS) is 1. The van der Waals surface area contributed by atoms with Crippen molar-refractivity contribution in [2.24, 2.45) is 5.92 Å². The van der Waals surface area contributed by atoms with Gasteiger partial charge in [0.05, 0.1) is 29.1 Å². The molecule has 0 atom stereocenters. The zero-order valence-electron chi connectivity index (χ0n) is 18.1. The molecule has 9 heteroatoms. The summed E-state index contributed by atoms with van der Waals surface area (Å²) in [5.74, 6) is -0.472. The van der Waals surface area contributed by atoms with Crippen LogP contribution in [0.4, 0.5) is 26.4 Å². The van der Waals surface area contributed by atoms with Gasteiger partial charge in [-0.1, -0.05) is 0 Å². The maximum Gasteiger partial charge on any atom is 0.413 e. The van der Waals surface area contributed by atoms with Gasteiger partial charge in [-0.3, -0.25) is 9.88 Å². The molecule has 1 amide bonds. The molecule has 0 saturated heterocycles. The van der Waals surface area contributed by atoms with E-state index in [1.54, 1.807) is 18.3 Å². The maximum atomic E-state index is 15.4. The van der Waals surface area contributed by atoms with Crippen molar-refractivity contribution in [3.63, 3.8) is 0 Å². The molecule has 5 rings (SSSR count). The van der Waals surface area contributed by atoms with Crippen LogP contribution in [-0.2, 0) is 6.42 Å². The number of aromatic nitrogens is 2. The van der Waals surface area contributed by atoms with E-state index in [4.69, 9.17) is 11.0 Å². The first-order valence-corrected chi connectivity index (χ1v) is 10.9. The van der Waals surface area contributed by atoms with Gasteiger partial charge < -0.3 is 16.2 Å². The lowest BCUT2D eigenvalue weighted by Gasteiger charge is -2.37. The van der Waals surface area contributed by atoms with Gasteiger partial charge in [0.15, 0.2) is 5.82 Å². The van der Waals surface area contributed by atoms with E-state index >= 15 is 4.39 Å². The summed E-state index contributed by atoms with van der Waals surface area (Å²) in [5.41, 5.74) is 9.86. The smallest absolute Gasteiger partial charge is 0.413 e. The van der Waals surface area contributed by atoms with Gasteiger partial charge in [0.1, 0.15) is 5.82 Å². The summed E-state index contributed by atoms with van der Waals surface area (Å²) >= 11 is 0. The zero-order valence-corrected chi connectivity index (χ0v) is 18.1. The third kappa shape index (κ3) is 3.39. The van der Waals surface area contributed by atoms with Crippen molar-refractivity contribution in [3.05, 3.63) is 41.6 Å². The fraction of sp³-hybridized carbons (Fsp3) is 0.333. The Morgan fingerprint density at radius 3 is 2.82 bits per heavy atom. The lowest BCUT2D eigenvalue weighted by molar-refractivity contribution is 0.189. The van der Waals surface area contributed by atoms with Crippen LogP contribution in [0, 0.1) is 30.0 Å². The number of carbonyl (C=O) groups is 1. The zero-order chi connectivity index (χ0) is 23.3. The Morgan fingerprint density at radius 2 is 2.09 bits per heavy atom. The maximum absolute atomic E-state index is 15.4. The first-order chi connectivity index (χ1) is 15.9. The summed E-state index contributed by atoms with van der Waals surface area (Å²) in [7, 11) is 0. The minimum Gasteiger partial charge on any atom is -0.465 e. The second kappa shape index (κ2) is 7.89. The Morgan fingerprint density at radius 1 is 1.30 bits per heavy atom. The monoisotopic (exact) mass is 446 g/mol. The lowest BCUT2D eigenvalue weighted by Crippen LogP contribution is -2.47. The van der Waals surface area contributed by atoms with E-state index in [-0.39, 0.29) is 23.5 Å². The van der Waals surface area contributed by atoms with E-state index in [1.165, 1.54) is 11.1 Å². The van der Waals surface area contributed by atoms with E-state index in [9.17, 15) is 9.90 Å². The molecule has 0 spiro atoms. The number of anilines is 3. The molecule has 0 bridgehead atoms. The number of nitrogens with two attached hydrogens (primary N) is 1. The van der Waals surface area contributed by atoms with Crippen LogP contribution in [0.25, 0.3) is 21.9 Å². The van der Waals surface area contributed by atoms with Crippen LogP contribution in [0.5, 0.6) is 0 Å². The SMILES string of the molecule is Cc1c(-c2cc3cc(N(C(=O)O)C4CC(C#N)C4)ncc3c(N)c2F)cnc2c1NCCC2. The van der Waals surface area contributed by atoms with Crippen LogP contribution in [0.1, 0.15) is 30.5 Å². The molecule has 1 aliphatic carbocycles. The van der Waals surface area contributed by atoms with Crippen molar-refractivity contribution in [1.82, 2.24) is 9.97 Å². The molecule has 1 aliphatic heterocycles. The summed E-state index contributed by atoms with van der Waals surface area (Å²) in [6.07, 6.45) is 4.75. The molecular formula is C24H23FN6O2. The van der Waals surface area contributed by atoms with E-state index in [0.29, 0.717) is 34.7 Å². The number of aryl methyl sites for hydroxylation is 1. The molecule has 2 aromatic heterocycles. The van der Waals surface area contributed by atoms with Crippen molar-refractivity contribution in [1.29, 1.82) is 5.26 Å². The topological polar surface area (TPSA) is 128 Å². The first-order valence-electron chi connectivity index (χ1n) is 10.9. The molecule has 0 radical (unpaired) electrons. The van der Waals surface area contributed by atoms with Crippen LogP contribution >= 0.6 is 0 Å². The van der Waals surface area contributed by atoms with E-state index in [0.717, 1.165) is 36.3 Å². The highest BCUT2D eigenvalue weighted by molar-refractivity contribution is 5.99. The molecule has 168 valence electrons. The Bertz CT molecular complexity index is 1330. The number of fused-ring (bicyclic) bond motifs is 2. The highest BCUT2D eigenvalue weighted by Gasteiger charge is 2.38. The number of pyridine rings is 2. The minimum atomic E-state index is -1.14. The van der Waals surface area contributed by atoms with Gasteiger partial charge in [-0.15, -0.1) is 0 Å². The van der Waals surface area contributed by atoms with Crippen LogP contribution in [0.3, 0.4) is 0 Å². The fourth-order valence-electron chi connectivity index (χ4n) is 4.78. The molecule has 3 heterocycles. The van der Waals surface area contributed by atoms with Crippen molar-refractivity contribution in [2.75, 3.05) is 22.5 Å². The molecule has 33 heavy (non-hydrogen) atoms. The third-order valence-corrected chi connectivity index (χ3v) is 6.70. The second-order valence-electron chi connectivity index (χ2n) is 8.67. The molecule has 2 aliphatic rings.